The standard InChI is InChI=1S/C10H22N2O3S/c1-8-6-11-5-4-10(8)12-16(13,14)9(2)7-15-3/h8-12H,4-7H2,1-3H3. The van der Waals surface area contributed by atoms with E-state index in [1.54, 1.807) is 6.92 Å². The minimum Gasteiger partial charge on any atom is -0.383 e. The maximum Gasteiger partial charge on any atom is 0.216 e. The molecule has 1 saturated heterocycles. The van der Waals surface area contributed by atoms with Crippen molar-refractivity contribution in [3.8, 4) is 0 Å². The Bertz CT molecular complexity index is 305. The van der Waals surface area contributed by atoms with E-state index in [1.807, 2.05) is 0 Å². The smallest absolute Gasteiger partial charge is 0.216 e. The van der Waals surface area contributed by atoms with E-state index in [1.165, 1.54) is 7.11 Å². The number of hydrogen-bond donors (Lipinski definition) is 2. The van der Waals surface area contributed by atoms with Crippen molar-refractivity contribution in [2.45, 2.75) is 31.6 Å². The first-order valence-electron chi connectivity index (χ1n) is 5.68. The average Bonchev–Trinajstić information content (AvgIpc) is 2.21. The van der Waals surface area contributed by atoms with E-state index >= 15 is 0 Å². The van der Waals surface area contributed by atoms with Gasteiger partial charge in [-0.25, -0.2) is 13.1 Å². The molecular weight excluding hydrogens is 228 g/mol. The molecular formula is C10H22N2O3S. The third kappa shape index (κ3) is 3.69. The number of nitrogens with one attached hydrogen (secondary N) is 2. The molecule has 0 aromatic rings. The second-order valence-corrected chi connectivity index (χ2v) is 6.64. The lowest BCUT2D eigenvalue weighted by atomic mass is 9.97. The lowest BCUT2D eigenvalue weighted by Gasteiger charge is -2.30. The number of hydrogen-bond acceptors (Lipinski definition) is 4. The maximum absolute atomic E-state index is 11.9. The highest BCUT2D eigenvalue weighted by atomic mass is 32.2. The fraction of sp³-hybridized carbons (Fsp3) is 1.00. The van der Waals surface area contributed by atoms with E-state index in [0.29, 0.717) is 5.92 Å². The van der Waals surface area contributed by atoms with Gasteiger partial charge < -0.3 is 10.1 Å². The van der Waals surface area contributed by atoms with Gasteiger partial charge >= 0.3 is 0 Å². The van der Waals surface area contributed by atoms with Crippen LogP contribution in [0, 0.1) is 5.92 Å². The third-order valence-corrected chi connectivity index (χ3v) is 4.86. The Hall–Kier alpha value is -0.170. The van der Waals surface area contributed by atoms with E-state index in [9.17, 15) is 8.42 Å². The number of rotatable bonds is 5. The normalized spacial score (nSPS) is 28.9. The molecule has 2 N–H and O–H groups in total. The van der Waals surface area contributed by atoms with Crippen LogP contribution in [0.25, 0.3) is 0 Å². The van der Waals surface area contributed by atoms with Gasteiger partial charge in [0.25, 0.3) is 0 Å². The highest BCUT2D eigenvalue weighted by Gasteiger charge is 2.28. The van der Waals surface area contributed by atoms with Crippen LogP contribution in [0.5, 0.6) is 0 Å². The molecule has 1 heterocycles. The monoisotopic (exact) mass is 250 g/mol. The summed E-state index contributed by atoms with van der Waals surface area (Å²) in [5.74, 6) is 0.332. The van der Waals surface area contributed by atoms with Gasteiger partial charge in [-0.05, 0) is 32.4 Å². The Balaban J connectivity index is 2.57. The molecule has 3 unspecified atom stereocenters. The van der Waals surface area contributed by atoms with Crippen LogP contribution in [0.3, 0.4) is 0 Å². The molecule has 0 aromatic heterocycles. The second kappa shape index (κ2) is 5.95. The summed E-state index contributed by atoms with van der Waals surface area (Å²) in [6.45, 7) is 5.69. The third-order valence-electron chi connectivity index (χ3n) is 3.03. The van der Waals surface area contributed by atoms with Crippen molar-refractivity contribution in [1.82, 2.24) is 10.0 Å². The van der Waals surface area contributed by atoms with E-state index in [0.717, 1.165) is 19.5 Å². The van der Waals surface area contributed by atoms with Gasteiger partial charge in [-0.1, -0.05) is 6.92 Å². The van der Waals surface area contributed by atoms with Crippen LogP contribution in [-0.2, 0) is 14.8 Å². The van der Waals surface area contributed by atoms with Gasteiger partial charge in [0.2, 0.25) is 10.0 Å². The molecule has 96 valence electrons. The van der Waals surface area contributed by atoms with Gasteiger partial charge in [0.15, 0.2) is 0 Å². The second-order valence-electron chi connectivity index (χ2n) is 4.51. The van der Waals surface area contributed by atoms with Gasteiger partial charge in [0, 0.05) is 13.2 Å². The first-order valence-corrected chi connectivity index (χ1v) is 7.22. The number of piperidine rings is 1. The zero-order chi connectivity index (χ0) is 12.2. The van der Waals surface area contributed by atoms with Crippen molar-refractivity contribution < 1.29 is 13.2 Å². The number of ether oxygens (including phenoxy) is 1. The molecule has 1 aliphatic heterocycles. The summed E-state index contributed by atoms with van der Waals surface area (Å²) >= 11 is 0. The summed E-state index contributed by atoms with van der Waals surface area (Å²) in [4.78, 5) is 0. The zero-order valence-corrected chi connectivity index (χ0v) is 11.0. The molecule has 0 radical (unpaired) electrons. The number of methoxy groups -OCH3 is 1. The largest absolute Gasteiger partial charge is 0.383 e. The quantitative estimate of drug-likeness (QED) is 0.717. The molecule has 1 fully saturated rings. The van der Waals surface area contributed by atoms with Gasteiger partial charge in [-0.3, -0.25) is 0 Å². The summed E-state index contributed by atoms with van der Waals surface area (Å²) in [7, 11) is -1.74. The molecule has 0 amide bonds. The summed E-state index contributed by atoms with van der Waals surface area (Å²) in [5.41, 5.74) is 0. The van der Waals surface area contributed by atoms with Crippen LogP contribution < -0.4 is 10.0 Å². The molecule has 0 saturated carbocycles. The van der Waals surface area contributed by atoms with Crippen LogP contribution >= 0.6 is 0 Å². The molecule has 0 spiro atoms. The maximum atomic E-state index is 11.9. The fourth-order valence-corrected chi connectivity index (χ4v) is 3.16. The van der Waals surface area contributed by atoms with E-state index < -0.39 is 15.3 Å². The Morgan fingerprint density at radius 3 is 2.81 bits per heavy atom. The minimum absolute atomic E-state index is 0.0468. The van der Waals surface area contributed by atoms with Gasteiger partial charge in [0.1, 0.15) is 0 Å². The fourth-order valence-electron chi connectivity index (χ4n) is 1.84. The highest BCUT2D eigenvalue weighted by molar-refractivity contribution is 7.90. The predicted molar refractivity (Wildman–Crippen MR) is 63.8 cm³/mol. The Morgan fingerprint density at radius 2 is 2.25 bits per heavy atom. The van der Waals surface area contributed by atoms with Crippen molar-refractivity contribution in [3.63, 3.8) is 0 Å². The van der Waals surface area contributed by atoms with Crippen LogP contribution in [0.4, 0.5) is 0 Å². The van der Waals surface area contributed by atoms with Gasteiger partial charge in [-0.2, -0.15) is 0 Å². The highest BCUT2D eigenvalue weighted by Crippen LogP contribution is 2.13. The van der Waals surface area contributed by atoms with Crippen molar-refractivity contribution in [3.05, 3.63) is 0 Å². The Kier molecular flexibility index (Phi) is 5.17. The van der Waals surface area contributed by atoms with Crippen molar-refractivity contribution in [1.29, 1.82) is 0 Å². The lowest BCUT2D eigenvalue weighted by Crippen LogP contribution is -2.50. The molecule has 6 heteroatoms. The summed E-state index contributed by atoms with van der Waals surface area (Å²) in [6, 6.07) is 0.0468. The number of sulfonamides is 1. The molecule has 16 heavy (non-hydrogen) atoms. The minimum atomic E-state index is -3.26. The average molecular weight is 250 g/mol. The Morgan fingerprint density at radius 1 is 1.56 bits per heavy atom. The van der Waals surface area contributed by atoms with E-state index in [-0.39, 0.29) is 12.6 Å². The molecule has 5 nitrogen and oxygen atoms in total. The molecule has 0 aliphatic carbocycles. The SMILES string of the molecule is COCC(C)S(=O)(=O)NC1CCNCC1C. The molecule has 3 atom stereocenters. The molecule has 0 bridgehead atoms. The zero-order valence-electron chi connectivity index (χ0n) is 10.2. The molecule has 1 rings (SSSR count). The summed E-state index contributed by atoms with van der Waals surface area (Å²) in [6.07, 6.45) is 0.847. The van der Waals surface area contributed by atoms with Crippen LogP contribution in [0.1, 0.15) is 20.3 Å². The van der Waals surface area contributed by atoms with Crippen molar-refractivity contribution >= 4 is 10.0 Å². The van der Waals surface area contributed by atoms with Gasteiger partial charge in [0.05, 0.1) is 11.9 Å². The van der Waals surface area contributed by atoms with E-state index in [4.69, 9.17) is 4.74 Å². The van der Waals surface area contributed by atoms with Crippen LogP contribution in [-0.4, -0.2) is 46.5 Å². The van der Waals surface area contributed by atoms with Crippen LogP contribution in [0.15, 0.2) is 0 Å². The Labute approximate surface area is 98.0 Å². The predicted octanol–water partition coefficient (Wildman–Crippen LogP) is -0.0613. The van der Waals surface area contributed by atoms with Crippen molar-refractivity contribution in [2.24, 2.45) is 5.92 Å². The molecule has 1 aliphatic rings. The first kappa shape index (κ1) is 13.9. The summed E-state index contributed by atoms with van der Waals surface area (Å²) < 4.78 is 31.5. The lowest BCUT2D eigenvalue weighted by molar-refractivity contribution is 0.199. The van der Waals surface area contributed by atoms with Crippen molar-refractivity contribution in [2.75, 3.05) is 26.8 Å². The topological polar surface area (TPSA) is 67.4 Å². The van der Waals surface area contributed by atoms with Crippen LogP contribution in [0.2, 0.25) is 0 Å². The first-order chi connectivity index (χ1) is 7.47. The summed E-state index contributed by atoms with van der Waals surface area (Å²) in [5, 5.41) is 2.74. The van der Waals surface area contributed by atoms with Gasteiger partial charge in [-0.15, -0.1) is 0 Å². The molecule has 0 aromatic carbocycles. The van der Waals surface area contributed by atoms with E-state index in [2.05, 4.69) is 17.0 Å².